The molecule has 184 valence electrons. The number of aromatic nitrogens is 5. The molecule has 1 fully saturated rings. The first-order valence-electron chi connectivity index (χ1n) is 11.7. The smallest absolute Gasteiger partial charge is 0.358 e. The highest BCUT2D eigenvalue weighted by atomic mass is 19.4. The average molecular weight is 484 g/mol. The fourth-order valence-corrected chi connectivity index (χ4v) is 4.65. The Morgan fingerprint density at radius 3 is 2.49 bits per heavy atom. The number of imidazole rings is 1. The van der Waals surface area contributed by atoms with Gasteiger partial charge in [0.1, 0.15) is 0 Å². The molecule has 0 spiro atoms. The van der Waals surface area contributed by atoms with Crippen LogP contribution < -0.4 is 4.90 Å². The van der Waals surface area contributed by atoms with Crippen molar-refractivity contribution >= 4 is 17.0 Å². The predicted octanol–water partition coefficient (Wildman–Crippen LogP) is 5.12. The molecule has 4 aromatic rings. The van der Waals surface area contributed by atoms with Gasteiger partial charge in [0.25, 0.3) is 0 Å². The van der Waals surface area contributed by atoms with Crippen molar-refractivity contribution in [3.8, 4) is 11.4 Å². The molecule has 1 aliphatic rings. The normalized spacial score (nSPS) is 15.5. The standard InChI is InChI=1S/C25H28F3N7/c1-15(2)18-6-4-5-7-19(18)23-30-13-20-21(32-23)17(12-29-20)14-34-8-10-35(11-9-34)24-31-16(3)22(33-24)25(26,27)28/h4-7,12-13,15,29H,8-11,14H2,1-3H3,(H,31,33). The molecule has 0 amide bonds. The van der Waals surface area contributed by atoms with Gasteiger partial charge in [-0.2, -0.15) is 13.2 Å². The van der Waals surface area contributed by atoms with E-state index in [0.717, 1.165) is 22.2 Å². The van der Waals surface area contributed by atoms with Crippen molar-refractivity contribution in [2.75, 3.05) is 31.1 Å². The molecule has 0 bridgehead atoms. The van der Waals surface area contributed by atoms with Gasteiger partial charge in [0.2, 0.25) is 5.95 Å². The molecule has 1 aliphatic heterocycles. The van der Waals surface area contributed by atoms with Gasteiger partial charge in [-0.15, -0.1) is 0 Å². The second kappa shape index (κ2) is 8.99. The lowest BCUT2D eigenvalue weighted by molar-refractivity contribution is -0.141. The summed E-state index contributed by atoms with van der Waals surface area (Å²) in [4.78, 5) is 23.5. The summed E-state index contributed by atoms with van der Waals surface area (Å²) in [6.45, 7) is 9.02. The van der Waals surface area contributed by atoms with Crippen LogP contribution in [0.15, 0.2) is 36.7 Å². The Hall–Kier alpha value is -3.40. The molecule has 3 aromatic heterocycles. The van der Waals surface area contributed by atoms with Crippen LogP contribution in [0.2, 0.25) is 0 Å². The summed E-state index contributed by atoms with van der Waals surface area (Å²) in [7, 11) is 0. The Bertz CT molecular complexity index is 1330. The number of nitrogens with one attached hydrogen (secondary N) is 2. The van der Waals surface area contributed by atoms with Crippen LogP contribution in [0.3, 0.4) is 0 Å². The zero-order valence-corrected chi connectivity index (χ0v) is 19.9. The molecule has 0 aliphatic carbocycles. The molecule has 1 saturated heterocycles. The molecule has 5 rings (SSSR count). The van der Waals surface area contributed by atoms with Crippen molar-refractivity contribution in [2.24, 2.45) is 0 Å². The summed E-state index contributed by atoms with van der Waals surface area (Å²) in [6.07, 6.45) is -0.657. The molecular weight excluding hydrogens is 455 g/mol. The van der Waals surface area contributed by atoms with Crippen molar-refractivity contribution in [3.05, 3.63) is 59.2 Å². The summed E-state index contributed by atoms with van der Waals surface area (Å²) in [5.74, 6) is 1.35. The lowest BCUT2D eigenvalue weighted by atomic mass is 9.97. The Morgan fingerprint density at radius 1 is 1.06 bits per heavy atom. The second-order valence-electron chi connectivity index (χ2n) is 9.31. The molecule has 0 unspecified atom stereocenters. The summed E-state index contributed by atoms with van der Waals surface area (Å²) in [6, 6.07) is 8.21. The van der Waals surface area contributed by atoms with E-state index < -0.39 is 11.9 Å². The number of piperazine rings is 1. The lowest BCUT2D eigenvalue weighted by Crippen LogP contribution is -2.46. The van der Waals surface area contributed by atoms with Crippen molar-refractivity contribution in [3.63, 3.8) is 0 Å². The van der Waals surface area contributed by atoms with Crippen molar-refractivity contribution in [2.45, 2.75) is 39.4 Å². The number of hydrogen-bond acceptors (Lipinski definition) is 5. The number of halogens is 3. The van der Waals surface area contributed by atoms with E-state index in [4.69, 9.17) is 4.98 Å². The van der Waals surface area contributed by atoms with Crippen LogP contribution in [0, 0.1) is 6.92 Å². The number of rotatable bonds is 5. The Kier molecular flexibility index (Phi) is 6.00. The number of nitrogens with zero attached hydrogens (tertiary/aromatic N) is 5. The highest BCUT2D eigenvalue weighted by Crippen LogP contribution is 2.32. The second-order valence-corrected chi connectivity index (χ2v) is 9.31. The first kappa shape index (κ1) is 23.3. The number of H-pyrrole nitrogens is 2. The van der Waals surface area contributed by atoms with Crippen LogP contribution in [0.25, 0.3) is 22.4 Å². The zero-order valence-electron chi connectivity index (χ0n) is 19.9. The van der Waals surface area contributed by atoms with Gasteiger partial charge in [-0.1, -0.05) is 38.1 Å². The van der Waals surface area contributed by atoms with Gasteiger partial charge >= 0.3 is 6.18 Å². The fraction of sp³-hybridized carbons (Fsp3) is 0.400. The first-order valence-corrected chi connectivity index (χ1v) is 11.7. The molecule has 4 heterocycles. The quantitative estimate of drug-likeness (QED) is 0.412. The third-order valence-electron chi connectivity index (χ3n) is 6.53. The van der Waals surface area contributed by atoms with Crippen LogP contribution >= 0.6 is 0 Å². The van der Waals surface area contributed by atoms with Gasteiger partial charge in [-0.25, -0.2) is 15.0 Å². The summed E-state index contributed by atoms with van der Waals surface area (Å²) >= 11 is 0. The number of benzene rings is 1. The van der Waals surface area contributed by atoms with Crippen LogP contribution in [-0.4, -0.2) is 56.0 Å². The topological polar surface area (TPSA) is 76.7 Å². The predicted molar refractivity (Wildman–Crippen MR) is 129 cm³/mol. The van der Waals surface area contributed by atoms with E-state index in [-0.39, 0.29) is 11.6 Å². The van der Waals surface area contributed by atoms with Gasteiger partial charge < -0.3 is 14.9 Å². The van der Waals surface area contributed by atoms with Crippen LogP contribution in [0.1, 0.15) is 42.3 Å². The minimum Gasteiger partial charge on any atom is -0.358 e. The number of aromatic amines is 2. The summed E-state index contributed by atoms with van der Waals surface area (Å²) in [5, 5.41) is 0. The van der Waals surface area contributed by atoms with E-state index in [9.17, 15) is 13.2 Å². The van der Waals surface area contributed by atoms with E-state index in [1.165, 1.54) is 12.5 Å². The van der Waals surface area contributed by atoms with Gasteiger partial charge in [0, 0.05) is 55.7 Å². The van der Waals surface area contributed by atoms with E-state index in [1.807, 2.05) is 29.4 Å². The average Bonchev–Trinajstić information content (AvgIpc) is 3.42. The van der Waals surface area contributed by atoms with E-state index >= 15 is 0 Å². The molecule has 7 nitrogen and oxygen atoms in total. The van der Waals surface area contributed by atoms with E-state index in [1.54, 1.807) is 0 Å². The third kappa shape index (κ3) is 4.62. The van der Waals surface area contributed by atoms with E-state index in [2.05, 4.69) is 50.8 Å². The van der Waals surface area contributed by atoms with Crippen LogP contribution in [0.4, 0.5) is 19.1 Å². The number of aryl methyl sites for hydroxylation is 1. The van der Waals surface area contributed by atoms with Crippen LogP contribution in [-0.2, 0) is 12.7 Å². The van der Waals surface area contributed by atoms with E-state index in [0.29, 0.717) is 44.5 Å². The van der Waals surface area contributed by atoms with Gasteiger partial charge in [-0.05, 0) is 18.4 Å². The highest BCUT2D eigenvalue weighted by molar-refractivity contribution is 5.80. The molecule has 2 N–H and O–H groups in total. The molecule has 10 heteroatoms. The zero-order chi connectivity index (χ0) is 24.7. The minimum atomic E-state index is -4.45. The number of alkyl halides is 3. The largest absolute Gasteiger partial charge is 0.435 e. The fourth-order valence-electron chi connectivity index (χ4n) is 4.65. The SMILES string of the molecule is Cc1[nH]c(N2CCN(Cc3c[nH]c4cnc(-c5ccccc5C(C)C)nc34)CC2)nc1C(F)(F)F. The van der Waals surface area contributed by atoms with Gasteiger partial charge in [0.15, 0.2) is 11.5 Å². The maximum absolute atomic E-state index is 13.1. The van der Waals surface area contributed by atoms with Gasteiger partial charge in [-0.3, -0.25) is 4.90 Å². The monoisotopic (exact) mass is 483 g/mol. The highest BCUT2D eigenvalue weighted by Gasteiger charge is 2.37. The van der Waals surface area contributed by atoms with Gasteiger partial charge in [0.05, 0.1) is 17.2 Å². The maximum atomic E-state index is 13.1. The van der Waals surface area contributed by atoms with Crippen molar-refractivity contribution in [1.29, 1.82) is 0 Å². The molecule has 0 saturated carbocycles. The third-order valence-corrected chi connectivity index (χ3v) is 6.53. The number of hydrogen-bond donors (Lipinski definition) is 2. The minimum absolute atomic E-state index is 0.0447. The maximum Gasteiger partial charge on any atom is 0.435 e. The first-order chi connectivity index (χ1) is 16.7. The molecule has 0 radical (unpaired) electrons. The van der Waals surface area contributed by atoms with Crippen molar-refractivity contribution < 1.29 is 13.2 Å². The van der Waals surface area contributed by atoms with Crippen molar-refractivity contribution in [1.82, 2.24) is 29.8 Å². The molecular formula is C25H28F3N7. The number of anilines is 1. The number of fused-ring (bicyclic) bond motifs is 1. The summed E-state index contributed by atoms with van der Waals surface area (Å²) < 4.78 is 39.3. The molecule has 1 aromatic carbocycles. The summed E-state index contributed by atoms with van der Waals surface area (Å²) in [5.41, 5.74) is 4.31. The molecule has 0 atom stereocenters. The Labute approximate surface area is 201 Å². The Morgan fingerprint density at radius 2 is 1.80 bits per heavy atom. The Balaban J connectivity index is 1.31. The lowest BCUT2D eigenvalue weighted by Gasteiger charge is -2.34. The molecule has 35 heavy (non-hydrogen) atoms. The van der Waals surface area contributed by atoms with Crippen LogP contribution in [0.5, 0.6) is 0 Å².